The van der Waals surface area contributed by atoms with Gasteiger partial charge in [-0.25, -0.2) is 0 Å². The van der Waals surface area contributed by atoms with Crippen LogP contribution < -0.4 is 0 Å². The molecule has 0 aromatic heterocycles. The van der Waals surface area contributed by atoms with Crippen LogP contribution in [0.25, 0.3) is 0 Å². The molecular formula is C19H25N3O2. The normalized spacial score (nSPS) is 17.2. The topological polar surface area (TPSA) is 64.4 Å². The zero-order chi connectivity index (χ0) is 17.9. The summed E-state index contributed by atoms with van der Waals surface area (Å²) in [4.78, 5) is 28.9. The molecule has 1 aliphatic heterocycles. The van der Waals surface area contributed by atoms with Gasteiger partial charge in [0.2, 0.25) is 5.91 Å². The van der Waals surface area contributed by atoms with Crippen LogP contribution in [-0.4, -0.2) is 48.3 Å². The Kier molecular flexibility index (Phi) is 5.28. The van der Waals surface area contributed by atoms with Gasteiger partial charge in [0.05, 0.1) is 18.4 Å². The Hall–Kier alpha value is -2.35. The summed E-state index contributed by atoms with van der Waals surface area (Å²) in [5.74, 6) is -0.425. The second-order valence-corrected chi connectivity index (χ2v) is 7.55. The molecule has 0 saturated carbocycles. The van der Waals surface area contributed by atoms with Crippen LogP contribution in [0.5, 0.6) is 0 Å². The molecule has 0 aliphatic carbocycles. The third kappa shape index (κ3) is 3.94. The van der Waals surface area contributed by atoms with Gasteiger partial charge in [-0.2, -0.15) is 5.26 Å². The molecule has 1 heterocycles. The summed E-state index contributed by atoms with van der Waals surface area (Å²) in [5, 5.41) is 8.90. The maximum absolute atomic E-state index is 13.2. The molecule has 0 radical (unpaired) electrons. The van der Waals surface area contributed by atoms with Gasteiger partial charge >= 0.3 is 0 Å². The molecule has 0 N–H and O–H groups in total. The van der Waals surface area contributed by atoms with Crippen molar-refractivity contribution in [2.75, 3.05) is 26.7 Å². The van der Waals surface area contributed by atoms with Crippen molar-refractivity contribution in [1.82, 2.24) is 9.80 Å². The van der Waals surface area contributed by atoms with Crippen molar-refractivity contribution in [1.29, 1.82) is 5.26 Å². The van der Waals surface area contributed by atoms with E-state index in [0.717, 1.165) is 5.56 Å². The van der Waals surface area contributed by atoms with Crippen LogP contribution in [0.3, 0.4) is 0 Å². The van der Waals surface area contributed by atoms with Crippen LogP contribution in [0.2, 0.25) is 0 Å². The number of carbonyl (C=O) groups is 2. The Balaban J connectivity index is 2.33. The molecule has 1 aromatic rings. The highest BCUT2D eigenvalue weighted by atomic mass is 16.2. The van der Waals surface area contributed by atoms with Crippen LogP contribution >= 0.6 is 0 Å². The smallest absolute Gasteiger partial charge is 0.253 e. The molecule has 24 heavy (non-hydrogen) atoms. The van der Waals surface area contributed by atoms with Crippen molar-refractivity contribution in [3.63, 3.8) is 0 Å². The summed E-state index contributed by atoms with van der Waals surface area (Å²) in [6.45, 7) is 7.60. The SMILES string of the molecule is CN1CC(C(=O)N(CCC#N)CC(C)(C)C)c2ccccc2C1=O. The first kappa shape index (κ1) is 18.0. The molecule has 0 bridgehead atoms. The number of hydrogen-bond donors (Lipinski definition) is 0. The molecule has 1 aromatic carbocycles. The fourth-order valence-electron chi connectivity index (χ4n) is 3.11. The summed E-state index contributed by atoms with van der Waals surface area (Å²) in [6.07, 6.45) is 0.310. The second-order valence-electron chi connectivity index (χ2n) is 7.55. The average Bonchev–Trinajstić information content (AvgIpc) is 2.53. The lowest BCUT2D eigenvalue weighted by Gasteiger charge is -2.36. The quantitative estimate of drug-likeness (QED) is 0.854. The molecule has 128 valence electrons. The van der Waals surface area contributed by atoms with Gasteiger partial charge in [-0.05, 0) is 17.0 Å². The number of rotatable bonds is 4. The molecule has 5 nitrogen and oxygen atoms in total. The van der Waals surface area contributed by atoms with Crippen LogP contribution in [-0.2, 0) is 4.79 Å². The first-order chi connectivity index (χ1) is 11.2. The minimum atomic E-state index is -0.370. The molecule has 5 heteroatoms. The molecule has 0 fully saturated rings. The number of amides is 2. The van der Waals surface area contributed by atoms with Crippen molar-refractivity contribution >= 4 is 11.8 Å². The van der Waals surface area contributed by atoms with E-state index < -0.39 is 0 Å². The molecule has 2 rings (SSSR count). The van der Waals surface area contributed by atoms with Crippen LogP contribution in [0.15, 0.2) is 24.3 Å². The summed E-state index contributed by atoms with van der Waals surface area (Å²) in [6, 6.07) is 9.44. The zero-order valence-corrected chi connectivity index (χ0v) is 14.9. The molecular weight excluding hydrogens is 302 g/mol. The maximum atomic E-state index is 13.2. The summed E-state index contributed by atoms with van der Waals surface area (Å²) >= 11 is 0. The van der Waals surface area contributed by atoms with Gasteiger partial charge in [0.1, 0.15) is 0 Å². The molecule has 1 aliphatic rings. The number of benzene rings is 1. The number of likely N-dealkylation sites (N-methyl/N-ethyl adjacent to an activating group) is 1. The van der Waals surface area contributed by atoms with Gasteiger partial charge in [0.25, 0.3) is 5.91 Å². The lowest BCUT2D eigenvalue weighted by molar-refractivity contribution is -0.134. The lowest BCUT2D eigenvalue weighted by Crippen LogP contribution is -2.47. The third-order valence-corrected chi connectivity index (χ3v) is 4.14. The van der Waals surface area contributed by atoms with Gasteiger partial charge in [-0.1, -0.05) is 39.0 Å². The predicted octanol–water partition coefficient (Wildman–Crippen LogP) is 2.64. The molecule has 0 saturated heterocycles. The fraction of sp³-hybridized carbons (Fsp3) is 0.526. The Morgan fingerprint density at radius 2 is 2.04 bits per heavy atom. The van der Waals surface area contributed by atoms with E-state index in [0.29, 0.717) is 31.6 Å². The van der Waals surface area contributed by atoms with E-state index in [1.54, 1.807) is 22.9 Å². The van der Waals surface area contributed by atoms with E-state index in [1.165, 1.54) is 0 Å². The van der Waals surface area contributed by atoms with E-state index >= 15 is 0 Å². The lowest BCUT2D eigenvalue weighted by atomic mass is 9.87. The number of nitriles is 1. The molecule has 2 amide bonds. The Morgan fingerprint density at radius 1 is 1.38 bits per heavy atom. The number of nitrogens with zero attached hydrogens (tertiary/aromatic N) is 3. The first-order valence-electron chi connectivity index (χ1n) is 8.25. The number of hydrogen-bond acceptors (Lipinski definition) is 3. The fourth-order valence-corrected chi connectivity index (χ4v) is 3.11. The van der Waals surface area contributed by atoms with Crippen LogP contribution in [0.4, 0.5) is 0 Å². The monoisotopic (exact) mass is 327 g/mol. The summed E-state index contributed by atoms with van der Waals surface area (Å²) < 4.78 is 0. The molecule has 0 spiro atoms. The highest BCUT2D eigenvalue weighted by Gasteiger charge is 2.36. The molecule has 1 unspecified atom stereocenters. The largest absolute Gasteiger partial charge is 0.341 e. The van der Waals surface area contributed by atoms with E-state index in [4.69, 9.17) is 5.26 Å². The first-order valence-corrected chi connectivity index (χ1v) is 8.25. The van der Waals surface area contributed by atoms with Crippen molar-refractivity contribution in [3.05, 3.63) is 35.4 Å². The van der Waals surface area contributed by atoms with Crippen molar-refractivity contribution in [2.45, 2.75) is 33.1 Å². The summed E-state index contributed by atoms with van der Waals surface area (Å²) in [5.41, 5.74) is 1.34. The van der Waals surface area contributed by atoms with E-state index in [2.05, 4.69) is 26.8 Å². The van der Waals surface area contributed by atoms with E-state index in [-0.39, 0.29) is 23.1 Å². The minimum absolute atomic E-state index is 0.00743. The number of carbonyl (C=O) groups excluding carboxylic acids is 2. The van der Waals surface area contributed by atoms with Crippen molar-refractivity contribution < 1.29 is 9.59 Å². The van der Waals surface area contributed by atoms with E-state index in [1.807, 2.05) is 18.2 Å². The van der Waals surface area contributed by atoms with E-state index in [9.17, 15) is 9.59 Å². The second kappa shape index (κ2) is 7.04. The van der Waals surface area contributed by atoms with Crippen LogP contribution in [0.1, 0.15) is 49.0 Å². The Labute approximate surface area is 143 Å². The van der Waals surface area contributed by atoms with Gasteiger partial charge < -0.3 is 9.80 Å². The highest BCUT2D eigenvalue weighted by molar-refractivity contribution is 6.00. The van der Waals surface area contributed by atoms with Crippen LogP contribution in [0, 0.1) is 16.7 Å². The Morgan fingerprint density at radius 3 is 2.67 bits per heavy atom. The van der Waals surface area contributed by atoms with Gasteiger partial charge in [-0.15, -0.1) is 0 Å². The minimum Gasteiger partial charge on any atom is -0.341 e. The molecule has 1 atom stereocenters. The van der Waals surface area contributed by atoms with Gasteiger partial charge in [-0.3, -0.25) is 9.59 Å². The maximum Gasteiger partial charge on any atom is 0.253 e. The van der Waals surface area contributed by atoms with Gasteiger partial charge in [0, 0.05) is 32.2 Å². The van der Waals surface area contributed by atoms with Gasteiger partial charge in [0.15, 0.2) is 0 Å². The number of fused-ring (bicyclic) bond motifs is 1. The standard InChI is InChI=1S/C19H25N3O2/c1-19(2,3)13-22(11-7-10-20)18(24)16-12-21(4)17(23)15-9-6-5-8-14(15)16/h5-6,8-9,16H,7,11-13H2,1-4H3. The summed E-state index contributed by atoms with van der Waals surface area (Å²) in [7, 11) is 1.72. The Bertz CT molecular complexity index is 670. The van der Waals surface area contributed by atoms with Crippen molar-refractivity contribution in [2.24, 2.45) is 5.41 Å². The predicted molar refractivity (Wildman–Crippen MR) is 92.4 cm³/mol. The highest BCUT2D eigenvalue weighted by Crippen LogP contribution is 2.30. The third-order valence-electron chi connectivity index (χ3n) is 4.14. The average molecular weight is 327 g/mol. The zero-order valence-electron chi connectivity index (χ0n) is 14.9. The van der Waals surface area contributed by atoms with Crippen molar-refractivity contribution in [3.8, 4) is 6.07 Å².